The monoisotopic (exact) mass is 370 g/mol. The zero-order valence-electron chi connectivity index (χ0n) is 17.6. The summed E-state index contributed by atoms with van der Waals surface area (Å²) in [5.41, 5.74) is 8.71. The summed E-state index contributed by atoms with van der Waals surface area (Å²) in [5.74, 6) is 0. The van der Waals surface area contributed by atoms with E-state index >= 15 is 0 Å². The molecule has 0 aliphatic carbocycles. The molecule has 2 aromatic carbocycles. The molecule has 0 aliphatic heterocycles. The van der Waals surface area contributed by atoms with E-state index < -0.39 is 0 Å². The summed E-state index contributed by atoms with van der Waals surface area (Å²) in [6.45, 7) is 16.4. The van der Waals surface area contributed by atoms with Crippen molar-refractivity contribution in [2.45, 2.75) is 52.4 Å². The summed E-state index contributed by atoms with van der Waals surface area (Å²) >= 11 is 0. The van der Waals surface area contributed by atoms with Gasteiger partial charge >= 0.3 is 0 Å². The fourth-order valence-electron chi connectivity index (χ4n) is 3.21. The van der Waals surface area contributed by atoms with E-state index in [9.17, 15) is 0 Å². The quantitative estimate of drug-likeness (QED) is 0.275. The van der Waals surface area contributed by atoms with Gasteiger partial charge in [0.15, 0.2) is 0 Å². The standard InChI is InChI=1S/C28H34/c1-6-8-9-11-23(4)15-18-26-21-28(19-16-24(26)5)27-13-10-12-25(20-27)17-14-22(3)7-2/h7,10,12-13,15-16,18-21H,2-4,6,8-9,11,14,17H2,1,5H3. The van der Waals surface area contributed by atoms with Crippen LogP contribution in [0.4, 0.5) is 0 Å². The first kappa shape index (κ1) is 21.7. The summed E-state index contributed by atoms with van der Waals surface area (Å²) in [4.78, 5) is 0. The van der Waals surface area contributed by atoms with Gasteiger partial charge in [0.2, 0.25) is 0 Å². The second kappa shape index (κ2) is 11.3. The van der Waals surface area contributed by atoms with Crippen molar-refractivity contribution in [2.24, 2.45) is 0 Å². The Bertz CT molecular complexity index is 848. The van der Waals surface area contributed by atoms with E-state index in [2.05, 4.69) is 88.2 Å². The number of hydrogen-bond acceptors (Lipinski definition) is 0. The smallest absolute Gasteiger partial charge is 0.0178 e. The van der Waals surface area contributed by atoms with E-state index in [-0.39, 0.29) is 0 Å². The lowest BCUT2D eigenvalue weighted by Crippen LogP contribution is -1.89. The molecule has 0 fully saturated rings. The van der Waals surface area contributed by atoms with Crippen LogP contribution in [0.1, 0.15) is 55.7 Å². The predicted molar refractivity (Wildman–Crippen MR) is 127 cm³/mol. The van der Waals surface area contributed by atoms with Gasteiger partial charge in [-0.05, 0) is 66.5 Å². The lowest BCUT2D eigenvalue weighted by molar-refractivity contribution is 0.720. The molecule has 0 heterocycles. The molecule has 0 heteroatoms. The lowest BCUT2D eigenvalue weighted by Gasteiger charge is -2.09. The van der Waals surface area contributed by atoms with Crippen LogP contribution < -0.4 is 0 Å². The number of benzene rings is 2. The molecular formula is C28H34. The maximum absolute atomic E-state index is 4.20. The molecule has 28 heavy (non-hydrogen) atoms. The normalized spacial score (nSPS) is 10.9. The van der Waals surface area contributed by atoms with Gasteiger partial charge in [-0.15, -0.1) is 0 Å². The largest absolute Gasteiger partial charge is 0.0988 e. The Morgan fingerprint density at radius 3 is 2.46 bits per heavy atom. The minimum atomic E-state index is 0.953. The van der Waals surface area contributed by atoms with E-state index in [4.69, 9.17) is 0 Å². The molecule has 0 saturated heterocycles. The molecule has 0 atom stereocenters. The topological polar surface area (TPSA) is 0 Å². The lowest BCUT2D eigenvalue weighted by atomic mass is 9.96. The summed E-state index contributed by atoms with van der Waals surface area (Å²) in [6, 6.07) is 15.5. The number of rotatable bonds is 11. The molecule has 0 nitrogen and oxygen atoms in total. The molecule has 0 radical (unpaired) electrons. The van der Waals surface area contributed by atoms with Gasteiger partial charge in [-0.2, -0.15) is 0 Å². The van der Waals surface area contributed by atoms with E-state index in [1.807, 2.05) is 6.08 Å². The SMILES string of the molecule is C=CC(=C)CCc1cccc(-c2ccc(C)c(C=CC(=C)CCCCC)c2)c1. The average molecular weight is 371 g/mol. The number of hydrogen-bond donors (Lipinski definition) is 0. The van der Waals surface area contributed by atoms with Crippen LogP contribution in [-0.4, -0.2) is 0 Å². The van der Waals surface area contributed by atoms with Gasteiger partial charge in [-0.1, -0.05) is 105 Å². The number of aryl methyl sites for hydroxylation is 2. The van der Waals surface area contributed by atoms with Gasteiger partial charge in [0.1, 0.15) is 0 Å². The molecule has 2 aromatic rings. The van der Waals surface area contributed by atoms with Crippen LogP contribution in [0, 0.1) is 6.92 Å². The van der Waals surface area contributed by atoms with Gasteiger partial charge in [-0.3, -0.25) is 0 Å². The minimum absolute atomic E-state index is 0.953. The van der Waals surface area contributed by atoms with Crippen LogP contribution in [-0.2, 0) is 6.42 Å². The third-order valence-electron chi connectivity index (χ3n) is 5.16. The highest BCUT2D eigenvalue weighted by Crippen LogP contribution is 2.25. The maximum Gasteiger partial charge on any atom is -0.0178 e. The van der Waals surface area contributed by atoms with Crippen molar-refractivity contribution in [1.82, 2.24) is 0 Å². The van der Waals surface area contributed by atoms with E-state index in [1.54, 1.807) is 0 Å². The van der Waals surface area contributed by atoms with E-state index in [0.717, 1.165) is 24.8 Å². The van der Waals surface area contributed by atoms with Gasteiger partial charge in [0.25, 0.3) is 0 Å². The Balaban J connectivity index is 2.15. The Morgan fingerprint density at radius 2 is 1.71 bits per heavy atom. The van der Waals surface area contributed by atoms with Gasteiger partial charge < -0.3 is 0 Å². The van der Waals surface area contributed by atoms with Crippen molar-refractivity contribution < 1.29 is 0 Å². The third-order valence-corrected chi connectivity index (χ3v) is 5.16. The van der Waals surface area contributed by atoms with Crippen molar-refractivity contribution in [3.05, 3.63) is 102 Å². The van der Waals surface area contributed by atoms with Crippen molar-refractivity contribution in [1.29, 1.82) is 0 Å². The summed E-state index contributed by atoms with van der Waals surface area (Å²) in [5, 5.41) is 0. The Morgan fingerprint density at radius 1 is 0.929 bits per heavy atom. The first-order valence-corrected chi connectivity index (χ1v) is 10.4. The highest BCUT2D eigenvalue weighted by molar-refractivity contribution is 5.70. The Hall–Kier alpha value is -2.60. The van der Waals surface area contributed by atoms with Gasteiger partial charge in [0.05, 0.1) is 0 Å². The fraction of sp³-hybridized carbons (Fsp3) is 0.286. The molecular weight excluding hydrogens is 336 g/mol. The molecule has 0 aliphatic rings. The molecule has 0 unspecified atom stereocenters. The van der Waals surface area contributed by atoms with Crippen LogP contribution in [0.3, 0.4) is 0 Å². The molecule has 0 spiro atoms. The highest BCUT2D eigenvalue weighted by atomic mass is 14.1. The Labute approximate surface area is 172 Å². The zero-order chi connectivity index (χ0) is 20.4. The number of unbranched alkanes of at least 4 members (excludes halogenated alkanes) is 2. The molecule has 0 saturated carbocycles. The van der Waals surface area contributed by atoms with Crippen molar-refractivity contribution >= 4 is 6.08 Å². The summed E-state index contributed by atoms with van der Waals surface area (Å²) < 4.78 is 0. The van der Waals surface area contributed by atoms with E-state index in [1.165, 1.54) is 52.7 Å². The maximum atomic E-state index is 4.20. The van der Waals surface area contributed by atoms with Crippen molar-refractivity contribution in [3.8, 4) is 11.1 Å². The van der Waals surface area contributed by atoms with Crippen LogP contribution >= 0.6 is 0 Å². The first-order valence-electron chi connectivity index (χ1n) is 10.4. The highest BCUT2D eigenvalue weighted by Gasteiger charge is 2.03. The molecule has 0 amide bonds. The van der Waals surface area contributed by atoms with Crippen molar-refractivity contribution in [3.63, 3.8) is 0 Å². The number of allylic oxidation sites excluding steroid dienone is 4. The van der Waals surface area contributed by atoms with Crippen molar-refractivity contribution in [2.75, 3.05) is 0 Å². The fourth-order valence-corrected chi connectivity index (χ4v) is 3.21. The van der Waals surface area contributed by atoms with Gasteiger partial charge in [0, 0.05) is 0 Å². The van der Waals surface area contributed by atoms with Crippen LogP contribution in [0.5, 0.6) is 0 Å². The van der Waals surface area contributed by atoms with Gasteiger partial charge in [-0.25, -0.2) is 0 Å². The second-order valence-corrected chi connectivity index (χ2v) is 7.58. The summed E-state index contributed by atoms with van der Waals surface area (Å²) in [6.07, 6.45) is 13.0. The van der Waals surface area contributed by atoms with Crippen LogP contribution in [0.25, 0.3) is 17.2 Å². The average Bonchev–Trinajstić information content (AvgIpc) is 2.71. The minimum Gasteiger partial charge on any atom is -0.0988 e. The van der Waals surface area contributed by atoms with Crippen LogP contribution in [0.2, 0.25) is 0 Å². The molecule has 0 bridgehead atoms. The molecule has 0 N–H and O–H groups in total. The van der Waals surface area contributed by atoms with E-state index in [0.29, 0.717) is 0 Å². The van der Waals surface area contributed by atoms with Crippen LogP contribution in [0.15, 0.2) is 85.5 Å². The third kappa shape index (κ3) is 6.85. The zero-order valence-corrected chi connectivity index (χ0v) is 17.6. The molecule has 2 rings (SSSR count). The summed E-state index contributed by atoms with van der Waals surface area (Å²) in [7, 11) is 0. The second-order valence-electron chi connectivity index (χ2n) is 7.58. The molecule has 146 valence electrons. The predicted octanol–water partition coefficient (Wildman–Crippen LogP) is 8.49. The Kier molecular flexibility index (Phi) is 8.75. The molecule has 0 aromatic heterocycles. The first-order chi connectivity index (χ1) is 13.5.